The molecule has 0 amide bonds. The topological polar surface area (TPSA) is 21.3 Å². The number of unbranched alkanes of at least 4 members (excludes halogenated alkanes) is 1. The summed E-state index contributed by atoms with van der Waals surface area (Å²) in [4.78, 5) is 0. The maximum Gasteiger partial charge on any atom is 0.0518 e. The third-order valence-corrected chi connectivity index (χ3v) is 2.79. The smallest absolute Gasteiger partial charge is 0.0518 e. The summed E-state index contributed by atoms with van der Waals surface area (Å²) in [6.45, 7) is 11.9. The Hall–Kier alpha value is -0.0800. The zero-order chi connectivity index (χ0) is 11.5. The molecule has 0 aromatic carbocycles. The maximum absolute atomic E-state index is 5.48. The van der Waals surface area contributed by atoms with Gasteiger partial charge in [0.2, 0.25) is 0 Å². The highest BCUT2D eigenvalue weighted by molar-refractivity contribution is 4.58. The minimum absolute atomic E-state index is 0.377. The van der Waals surface area contributed by atoms with Crippen LogP contribution in [0.2, 0.25) is 0 Å². The molecule has 0 aliphatic carbocycles. The molecule has 0 aliphatic rings. The van der Waals surface area contributed by atoms with Crippen LogP contribution < -0.4 is 5.32 Å². The van der Waals surface area contributed by atoms with Crippen molar-refractivity contribution >= 4 is 0 Å². The molecule has 0 spiro atoms. The van der Waals surface area contributed by atoms with Crippen molar-refractivity contribution in [2.75, 3.05) is 19.7 Å². The molecule has 0 saturated carbocycles. The monoisotopic (exact) mass is 215 g/mol. The lowest BCUT2D eigenvalue weighted by Crippen LogP contribution is -2.23. The van der Waals surface area contributed by atoms with Gasteiger partial charge in [-0.25, -0.2) is 0 Å². The van der Waals surface area contributed by atoms with Crippen LogP contribution >= 0.6 is 0 Å². The lowest BCUT2D eigenvalue weighted by molar-refractivity contribution is 0.0760. The van der Waals surface area contributed by atoms with Gasteiger partial charge >= 0.3 is 0 Å². The Bertz CT molecular complexity index is 122. The summed E-state index contributed by atoms with van der Waals surface area (Å²) in [6.07, 6.45) is 5.36. The van der Waals surface area contributed by atoms with Crippen molar-refractivity contribution < 1.29 is 4.74 Å². The fourth-order valence-electron chi connectivity index (χ4n) is 1.55. The van der Waals surface area contributed by atoms with Gasteiger partial charge in [-0.3, -0.25) is 0 Å². The van der Waals surface area contributed by atoms with Crippen molar-refractivity contribution in [1.29, 1.82) is 0 Å². The molecule has 1 N–H and O–H groups in total. The van der Waals surface area contributed by atoms with Crippen molar-refractivity contribution in [2.24, 2.45) is 5.92 Å². The molecule has 0 radical (unpaired) electrons. The first-order chi connectivity index (χ1) is 7.20. The normalized spacial score (nSPS) is 11.6. The van der Waals surface area contributed by atoms with E-state index in [1.807, 2.05) is 0 Å². The van der Waals surface area contributed by atoms with Crippen molar-refractivity contribution in [1.82, 2.24) is 5.32 Å². The van der Waals surface area contributed by atoms with Gasteiger partial charge < -0.3 is 10.1 Å². The molecule has 0 aromatic rings. The van der Waals surface area contributed by atoms with Crippen molar-refractivity contribution in [3.63, 3.8) is 0 Å². The number of ether oxygens (including phenoxy) is 1. The Morgan fingerprint density at radius 3 is 2.27 bits per heavy atom. The van der Waals surface area contributed by atoms with Gasteiger partial charge in [-0.2, -0.15) is 0 Å². The molecule has 0 bridgehead atoms. The van der Waals surface area contributed by atoms with E-state index in [9.17, 15) is 0 Å². The molecule has 2 heteroatoms. The van der Waals surface area contributed by atoms with E-state index < -0.39 is 0 Å². The largest absolute Gasteiger partial charge is 0.379 e. The van der Waals surface area contributed by atoms with E-state index in [0.717, 1.165) is 19.1 Å². The number of hydrogen-bond acceptors (Lipinski definition) is 2. The van der Waals surface area contributed by atoms with Crippen LogP contribution in [0.1, 0.15) is 53.4 Å². The second-order valence-corrected chi connectivity index (χ2v) is 4.51. The lowest BCUT2D eigenvalue weighted by Gasteiger charge is -2.13. The zero-order valence-corrected chi connectivity index (χ0v) is 11.0. The number of rotatable bonds is 10. The molecular formula is C13H29NO. The first-order valence-corrected chi connectivity index (χ1v) is 6.53. The summed E-state index contributed by atoms with van der Waals surface area (Å²) < 4.78 is 5.48. The summed E-state index contributed by atoms with van der Waals surface area (Å²) in [7, 11) is 0. The molecular weight excluding hydrogens is 186 g/mol. The van der Waals surface area contributed by atoms with E-state index in [1.54, 1.807) is 0 Å². The summed E-state index contributed by atoms with van der Waals surface area (Å²) >= 11 is 0. The van der Waals surface area contributed by atoms with Gasteiger partial charge in [0.25, 0.3) is 0 Å². The molecule has 15 heavy (non-hydrogen) atoms. The van der Waals surface area contributed by atoms with Crippen molar-refractivity contribution in [2.45, 2.75) is 59.5 Å². The summed E-state index contributed by atoms with van der Waals surface area (Å²) in [5, 5.41) is 3.52. The van der Waals surface area contributed by atoms with Crippen molar-refractivity contribution in [3.8, 4) is 0 Å². The van der Waals surface area contributed by atoms with Gasteiger partial charge in [0.15, 0.2) is 0 Å². The zero-order valence-electron chi connectivity index (χ0n) is 11.0. The Balaban J connectivity index is 3.10. The Morgan fingerprint density at radius 2 is 1.73 bits per heavy atom. The quantitative estimate of drug-likeness (QED) is 0.565. The molecule has 0 atom stereocenters. The van der Waals surface area contributed by atoms with Crippen molar-refractivity contribution in [3.05, 3.63) is 0 Å². The first kappa shape index (κ1) is 14.9. The summed E-state index contributed by atoms with van der Waals surface area (Å²) in [5.41, 5.74) is 0. The van der Waals surface area contributed by atoms with E-state index in [-0.39, 0.29) is 0 Å². The highest BCUT2D eigenvalue weighted by atomic mass is 16.5. The Kier molecular flexibility index (Phi) is 10.4. The minimum atomic E-state index is 0.377. The van der Waals surface area contributed by atoms with Crippen LogP contribution in [0.5, 0.6) is 0 Å². The predicted octanol–water partition coefficient (Wildman–Crippen LogP) is 3.22. The van der Waals surface area contributed by atoms with Crippen LogP contribution in [0.15, 0.2) is 0 Å². The van der Waals surface area contributed by atoms with E-state index in [2.05, 4.69) is 33.0 Å². The lowest BCUT2D eigenvalue weighted by atomic mass is 10.0. The number of hydrogen-bond donors (Lipinski definition) is 1. The fraction of sp³-hybridized carbons (Fsp3) is 1.00. The molecule has 0 unspecified atom stereocenters. The summed E-state index contributed by atoms with van der Waals surface area (Å²) in [5.74, 6) is 0.858. The van der Waals surface area contributed by atoms with Gasteiger partial charge in [-0.1, -0.05) is 26.7 Å². The van der Waals surface area contributed by atoms with Crippen LogP contribution in [0.25, 0.3) is 0 Å². The molecule has 2 nitrogen and oxygen atoms in total. The first-order valence-electron chi connectivity index (χ1n) is 6.53. The molecule has 0 rings (SSSR count). The van der Waals surface area contributed by atoms with E-state index in [0.29, 0.717) is 6.10 Å². The van der Waals surface area contributed by atoms with Gasteiger partial charge in [-0.15, -0.1) is 0 Å². The highest BCUT2D eigenvalue weighted by Crippen LogP contribution is 2.04. The molecule has 0 saturated heterocycles. The van der Waals surface area contributed by atoms with Gasteiger partial charge in [0.05, 0.1) is 6.10 Å². The van der Waals surface area contributed by atoms with Gasteiger partial charge in [0.1, 0.15) is 0 Å². The minimum Gasteiger partial charge on any atom is -0.379 e. The molecule has 0 aromatic heterocycles. The molecule has 0 aliphatic heterocycles. The second-order valence-electron chi connectivity index (χ2n) is 4.51. The summed E-state index contributed by atoms with van der Waals surface area (Å²) in [6, 6.07) is 0. The van der Waals surface area contributed by atoms with Crippen LogP contribution in [0, 0.1) is 5.92 Å². The molecule has 0 fully saturated rings. The molecule has 0 heterocycles. The van der Waals surface area contributed by atoms with E-state index in [1.165, 1.54) is 32.2 Å². The average molecular weight is 215 g/mol. The van der Waals surface area contributed by atoms with Crippen LogP contribution in [-0.2, 0) is 4.74 Å². The fourth-order valence-corrected chi connectivity index (χ4v) is 1.55. The van der Waals surface area contributed by atoms with Gasteiger partial charge in [0, 0.05) is 6.61 Å². The highest BCUT2D eigenvalue weighted by Gasteiger charge is 2.01. The van der Waals surface area contributed by atoms with Crippen LogP contribution in [0.3, 0.4) is 0 Å². The van der Waals surface area contributed by atoms with Crippen LogP contribution in [-0.4, -0.2) is 25.8 Å². The second kappa shape index (κ2) is 10.4. The Labute approximate surface area is 95.8 Å². The standard InChI is InChI=1S/C13H29NO/c1-5-13(6-2)11-14-9-7-8-10-15-12(3)4/h12-14H,5-11H2,1-4H3. The van der Waals surface area contributed by atoms with E-state index >= 15 is 0 Å². The average Bonchev–Trinajstić information content (AvgIpc) is 2.22. The maximum atomic E-state index is 5.48. The third-order valence-electron chi connectivity index (χ3n) is 2.79. The number of nitrogens with one attached hydrogen (secondary N) is 1. The van der Waals surface area contributed by atoms with Gasteiger partial charge in [-0.05, 0) is 45.7 Å². The SMILES string of the molecule is CCC(CC)CNCCCCOC(C)C. The Morgan fingerprint density at radius 1 is 1.07 bits per heavy atom. The molecule has 92 valence electrons. The predicted molar refractivity (Wildman–Crippen MR) is 67.3 cm³/mol. The van der Waals surface area contributed by atoms with Crippen LogP contribution in [0.4, 0.5) is 0 Å². The van der Waals surface area contributed by atoms with E-state index in [4.69, 9.17) is 4.74 Å². The third kappa shape index (κ3) is 10.2.